The van der Waals surface area contributed by atoms with Crippen LogP contribution in [0.15, 0.2) is 24.3 Å². The minimum absolute atomic E-state index is 0.0159. The quantitative estimate of drug-likeness (QED) is 0.552. The molecule has 0 fully saturated rings. The van der Waals surface area contributed by atoms with Crippen molar-refractivity contribution in [3.8, 4) is 0 Å². The first-order valence-corrected chi connectivity index (χ1v) is 4.65. The molecular formula is C11H15NO3. The minimum Gasteiger partial charge on any atom is -0.463 e. The van der Waals surface area contributed by atoms with Gasteiger partial charge in [0.1, 0.15) is 0 Å². The van der Waals surface area contributed by atoms with Crippen molar-refractivity contribution < 1.29 is 15.1 Å². The third kappa shape index (κ3) is 2.70. The average Bonchev–Trinajstić information content (AvgIpc) is 2.15. The van der Waals surface area contributed by atoms with Crippen LogP contribution in [-0.4, -0.2) is 16.4 Å². The molecule has 0 bridgehead atoms. The van der Waals surface area contributed by atoms with E-state index >= 15 is 0 Å². The highest BCUT2D eigenvalue weighted by Gasteiger charge is 2.15. The molecule has 4 nitrogen and oxygen atoms in total. The van der Waals surface area contributed by atoms with Crippen molar-refractivity contribution in [1.82, 2.24) is 0 Å². The van der Waals surface area contributed by atoms with E-state index in [2.05, 4.69) is 20.8 Å². The molecule has 2 N–H and O–H groups in total. The van der Waals surface area contributed by atoms with Gasteiger partial charge in [0, 0.05) is 0 Å². The highest BCUT2D eigenvalue weighted by Crippen LogP contribution is 2.24. The lowest BCUT2D eigenvalue weighted by atomic mass is 9.87. The normalized spacial score (nSPS) is 11.2. The molecule has 0 aliphatic rings. The summed E-state index contributed by atoms with van der Waals surface area (Å²) in [5.74, 6) is 0. The molecule has 0 aromatic heterocycles. The molecular weight excluding hydrogens is 194 g/mol. The van der Waals surface area contributed by atoms with Gasteiger partial charge in [0.25, 0.3) is 0 Å². The number of hydroxylamine groups is 1. The Morgan fingerprint density at radius 2 is 1.67 bits per heavy atom. The maximum Gasteiger partial charge on any atom is 0.436 e. The summed E-state index contributed by atoms with van der Waals surface area (Å²) in [6, 6.07) is 6.77. The summed E-state index contributed by atoms with van der Waals surface area (Å²) >= 11 is 0. The molecule has 0 saturated carbocycles. The second-order valence-corrected chi connectivity index (χ2v) is 4.39. The van der Waals surface area contributed by atoms with Crippen LogP contribution < -0.4 is 5.06 Å². The Labute approximate surface area is 88.7 Å². The molecule has 0 unspecified atom stereocenters. The molecule has 1 amide bonds. The number of anilines is 1. The van der Waals surface area contributed by atoms with E-state index in [1.165, 1.54) is 0 Å². The van der Waals surface area contributed by atoms with Crippen molar-refractivity contribution >= 4 is 11.8 Å². The fraction of sp³-hybridized carbons (Fsp3) is 0.364. The Balaban J connectivity index is 2.95. The van der Waals surface area contributed by atoms with E-state index < -0.39 is 6.09 Å². The first kappa shape index (κ1) is 11.5. The predicted molar refractivity (Wildman–Crippen MR) is 57.4 cm³/mol. The molecule has 0 radical (unpaired) electrons. The smallest absolute Gasteiger partial charge is 0.436 e. The highest BCUT2D eigenvalue weighted by molar-refractivity contribution is 5.83. The molecule has 0 aliphatic heterocycles. The second kappa shape index (κ2) is 3.90. The van der Waals surface area contributed by atoms with Crippen LogP contribution in [0.2, 0.25) is 0 Å². The van der Waals surface area contributed by atoms with Gasteiger partial charge in [0.15, 0.2) is 0 Å². The van der Waals surface area contributed by atoms with Gasteiger partial charge in [-0.1, -0.05) is 32.9 Å². The van der Waals surface area contributed by atoms with Crippen LogP contribution in [0.5, 0.6) is 0 Å². The van der Waals surface area contributed by atoms with Crippen molar-refractivity contribution in [2.24, 2.45) is 0 Å². The van der Waals surface area contributed by atoms with Crippen LogP contribution >= 0.6 is 0 Å². The number of amides is 1. The van der Waals surface area contributed by atoms with Crippen LogP contribution in [0.4, 0.5) is 10.5 Å². The molecule has 1 aromatic rings. The van der Waals surface area contributed by atoms with Gasteiger partial charge in [-0.15, -0.1) is 0 Å². The Bertz CT molecular complexity index is 351. The summed E-state index contributed by atoms with van der Waals surface area (Å²) in [5, 5.41) is 17.9. The second-order valence-electron chi connectivity index (χ2n) is 4.39. The van der Waals surface area contributed by atoms with Crippen LogP contribution in [0.25, 0.3) is 0 Å². The summed E-state index contributed by atoms with van der Waals surface area (Å²) in [6.45, 7) is 6.20. The number of carbonyl (C=O) groups is 1. The molecule has 0 aliphatic carbocycles. The van der Waals surface area contributed by atoms with Crippen LogP contribution in [0.1, 0.15) is 26.3 Å². The maximum atomic E-state index is 10.5. The van der Waals surface area contributed by atoms with E-state index in [-0.39, 0.29) is 16.2 Å². The Hall–Kier alpha value is -1.55. The fourth-order valence-corrected chi connectivity index (χ4v) is 1.21. The molecule has 4 heteroatoms. The largest absolute Gasteiger partial charge is 0.463 e. The van der Waals surface area contributed by atoms with E-state index in [0.29, 0.717) is 0 Å². The van der Waals surface area contributed by atoms with Gasteiger partial charge in [0.05, 0.1) is 5.69 Å². The van der Waals surface area contributed by atoms with Crippen molar-refractivity contribution in [3.63, 3.8) is 0 Å². The lowest BCUT2D eigenvalue weighted by Gasteiger charge is -2.20. The summed E-state index contributed by atoms with van der Waals surface area (Å²) in [6.07, 6.45) is -1.39. The van der Waals surface area contributed by atoms with Crippen LogP contribution in [-0.2, 0) is 5.41 Å². The molecule has 15 heavy (non-hydrogen) atoms. The van der Waals surface area contributed by atoms with E-state index in [1.807, 2.05) is 12.1 Å². The Morgan fingerprint density at radius 3 is 2.00 bits per heavy atom. The van der Waals surface area contributed by atoms with Gasteiger partial charge in [-0.25, -0.2) is 4.79 Å². The number of benzene rings is 1. The molecule has 1 rings (SSSR count). The van der Waals surface area contributed by atoms with Gasteiger partial charge in [0.2, 0.25) is 0 Å². The average molecular weight is 209 g/mol. The van der Waals surface area contributed by atoms with Gasteiger partial charge < -0.3 is 5.11 Å². The zero-order valence-corrected chi connectivity index (χ0v) is 9.06. The number of hydrogen-bond acceptors (Lipinski definition) is 2. The van der Waals surface area contributed by atoms with Gasteiger partial charge >= 0.3 is 6.09 Å². The Morgan fingerprint density at radius 1 is 1.20 bits per heavy atom. The standard InChI is InChI=1S/C11H15NO3/c1-11(2,3)8-4-6-9(7-5-8)12(15)10(13)14/h4-7,15H,1-3H3,(H,13,14). The molecule has 1 aromatic carbocycles. The van der Waals surface area contributed by atoms with Gasteiger partial charge in [-0.05, 0) is 23.1 Å². The number of hydrogen-bond donors (Lipinski definition) is 2. The fourth-order valence-electron chi connectivity index (χ4n) is 1.21. The number of carboxylic acid groups (broad SMARTS) is 1. The van der Waals surface area contributed by atoms with Crippen molar-refractivity contribution in [2.75, 3.05) is 5.06 Å². The molecule has 0 heterocycles. The molecule has 82 valence electrons. The molecule has 0 saturated heterocycles. The SMILES string of the molecule is CC(C)(C)c1ccc(N(O)C(=O)O)cc1. The third-order valence-corrected chi connectivity index (χ3v) is 2.16. The van der Waals surface area contributed by atoms with Crippen molar-refractivity contribution in [1.29, 1.82) is 0 Å². The highest BCUT2D eigenvalue weighted by atomic mass is 16.6. The first-order chi connectivity index (χ1) is 6.82. The topological polar surface area (TPSA) is 60.8 Å². The minimum atomic E-state index is -1.39. The van der Waals surface area contributed by atoms with E-state index in [4.69, 9.17) is 10.3 Å². The Kier molecular flexibility index (Phi) is 3.00. The summed E-state index contributed by atoms with van der Waals surface area (Å²) in [7, 11) is 0. The zero-order valence-electron chi connectivity index (χ0n) is 9.06. The first-order valence-electron chi connectivity index (χ1n) is 4.65. The lowest BCUT2D eigenvalue weighted by Crippen LogP contribution is -2.24. The van der Waals surface area contributed by atoms with E-state index in [1.54, 1.807) is 12.1 Å². The van der Waals surface area contributed by atoms with Crippen LogP contribution in [0.3, 0.4) is 0 Å². The molecule has 0 spiro atoms. The van der Waals surface area contributed by atoms with Gasteiger partial charge in [-0.3, -0.25) is 5.21 Å². The predicted octanol–water partition coefficient (Wildman–Crippen LogP) is 2.86. The third-order valence-electron chi connectivity index (χ3n) is 2.16. The van der Waals surface area contributed by atoms with Crippen molar-refractivity contribution in [2.45, 2.75) is 26.2 Å². The zero-order chi connectivity index (χ0) is 11.6. The monoisotopic (exact) mass is 209 g/mol. The van der Waals surface area contributed by atoms with Crippen molar-refractivity contribution in [3.05, 3.63) is 29.8 Å². The van der Waals surface area contributed by atoms with E-state index in [0.717, 1.165) is 5.56 Å². The summed E-state index contributed by atoms with van der Waals surface area (Å²) in [4.78, 5) is 10.5. The van der Waals surface area contributed by atoms with Crippen LogP contribution in [0, 0.1) is 0 Å². The van der Waals surface area contributed by atoms with Gasteiger partial charge in [-0.2, -0.15) is 5.06 Å². The summed E-state index contributed by atoms with van der Waals surface area (Å²) in [5.41, 5.74) is 1.35. The number of nitrogens with zero attached hydrogens (tertiary/aromatic N) is 1. The number of rotatable bonds is 1. The van der Waals surface area contributed by atoms with E-state index in [9.17, 15) is 4.79 Å². The lowest BCUT2D eigenvalue weighted by molar-refractivity contribution is 0.160. The molecule has 0 atom stereocenters. The maximum absolute atomic E-state index is 10.5. The summed E-state index contributed by atoms with van der Waals surface area (Å²) < 4.78 is 0.